The van der Waals surface area contributed by atoms with Crippen molar-refractivity contribution in [2.45, 2.75) is 12.1 Å². The molecule has 3 aromatic rings. The summed E-state index contributed by atoms with van der Waals surface area (Å²) in [6.45, 7) is 0. The maximum Gasteiger partial charge on any atom is 0.266 e. The molecule has 5 rings (SSSR count). The topological polar surface area (TPSA) is 49.9 Å². The van der Waals surface area contributed by atoms with Crippen LogP contribution in [0, 0.1) is 5.92 Å². The number of fused-ring (bicyclic) bond motifs is 1. The summed E-state index contributed by atoms with van der Waals surface area (Å²) in [6.07, 6.45) is -0.851. The first-order valence-electron chi connectivity index (χ1n) is 8.83. The van der Waals surface area contributed by atoms with E-state index in [0.29, 0.717) is 10.7 Å². The van der Waals surface area contributed by atoms with Crippen LogP contribution >= 0.6 is 22.9 Å². The predicted octanol–water partition coefficient (Wildman–Crippen LogP) is 4.45. The number of hydrogen-bond donors (Lipinski definition) is 0. The fraction of sp³-hybridized carbons (Fsp3) is 0.143. The van der Waals surface area contributed by atoms with E-state index in [-0.39, 0.29) is 17.9 Å². The Morgan fingerprint density at radius 1 is 0.857 bits per heavy atom. The molecule has 3 atom stereocenters. The first-order valence-corrected chi connectivity index (χ1v) is 10.1. The Morgan fingerprint density at radius 3 is 2.29 bits per heavy atom. The molecule has 2 amide bonds. The van der Waals surface area contributed by atoms with E-state index in [2.05, 4.69) is 0 Å². The summed E-state index contributed by atoms with van der Waals surface area (Å²) in [5, 5.41) is 4.24. The highest BCUT2D eigenvalue weighted by molar-refractivity contribution is 7.10. The van der Waals surface area contributed by atoms with Crippen molar-refractivity contribution in [2.24, 2.45) is 5.92 Å². The summed E-state index contributed by atoms with van der Waals surface area (Å²) in [5.74, 6) is -1.18. The Labute approximate surface area is 170 Å². The molecule has 0 spiro atoms. The van der Waals surface area contributed by atoms with Crippen molar-refractivity contribution >= 4 is 46.1 Å². The minimum atomic E-state index is -0.851. The molecule has 0 saturated carbocycles. The fourth-order valence-corrected chi connectivity index (χ4v) is 4.79. The molecule has 0 radical (unpaired) electrons. The molecule has 7 heteroatoms. The number of thiophene rings is 1. The molecule has 2 aromatic carbocycles. The molecule has 0 unspecified atom stereocenters. The van der Waals surface area contributed by atoms with Gasteiger partial charge in [0, 0.05) is 9.90 Å². The van der Waals surface area contributed by atoms with Gasteiger partial charge in [-0.1, -0.05) is 35.9 Å². The van der Waals surface area contributed by atoms with Crippen LogP contribution in [-0.4, -0.2) is 17.9 Å². The van der Waals surface area contributed by atoms with Crippen LogP contribution in [0.4, 0.5) is 11.4 Å². The molecular weight excluding hydrogens is 396 g/mol. The summed E-state index contributed by atoms with van der Waals surface area (Å²) in [6, 6.07) is 19.7. The van der Waals surface area contributed by atoms with Crippen molar-refractivity contribution in [2.75, 3.05) is 9.96 Å². The van der Waals surface area contributed by atoms with Crippen LogP contribution in [0.1, 0.15) is 10.9 Å². The summed E-state index contributed by atoms with van der Waals surface area (Å²) >= 11 is 7.55. The van der Waals surface area contributed by atoms with Crippen LogP contribution in [0.5, 0.6) is 0 Å². The van der Waals surface area contributed by atoms with Crippen LogP contribution in [0.3, 0.4) is 0 Å². The fourth-order valence-electron chi connectivity index (χ4n) is 3.81. The van der Waals surface area contributed by atoms with E-state index >= 15 is 0 Å². The van der Waals surface area contributed by atoms with Gasteiger partial charge in [-0.15, -0.1) is 11.3 Å². The normalized spacial score (nSPS) is 24.1. The number of carbonyl (C=O) groups excluding carboxylic acids is 2. The van der Waals surface area contributed by atoms with E-state index in [1.54, 1.807) is 40.7 Å². The second-order valence-corrected chi connectivity index (χ2v) is 8.08. The number of hydroxylamine groups is 1. The Morgan fingerprint density at radius 2 is 1.61 bits per heavy atom. The van der Waals surface area contributed by atoms with E-state index in [1.165, 1.54) is 4.90 Å². The lowest BCUT2D eigenvalue weighted by Gasteiger charge is -2.27. The highest BCUT2D eigenvalue weighted by atomic mass is 35.5. The molecule has 0 N–H and O–H groups in total. The van der Waals surface area contributed by atoms with Crippen LogP contribution in [0.25, 0.3) is 0 Å². The number of para-hydroxylation sites is 1. The zero-order valence-electron chi connectivity index (χ0n) is 14.6. The van der Waals surface area contributed by atoms with E-state index in [9.17, 15) is 9.59 Å². The van der Waals surface area contributed by atoms with Crippen molar-refractivity contribution in [3.8, 4) is 0 Å². The lowest BCUT2D eigenvalue weighted by molar-refractivity contribution is -0.126. The zero-order chi connectivity index (χ0) is 19.3. The molecule has 140 valence electrons. The number of carbonyl (C=O) groups is 2. The standard InChI is InChI=1S/C21H15ClN2O3S/c22-13-8-10-15(11-9-13)24-18(16-7-4-12-28-16)17-19(27-24)21(26)23(20(17)25)14-5-2-1-3-6-14/h1-12,17-19H/t17-,18-,19+/m1/s1. The first-order chi connectivity index (χ1) is 13.6. The van der Waals surface area contributed by atoms with Crippen molar-refractivity contribution in [3.05, 3.63) is 82.0 Å². The molecule has 2 aliphatic rings. The Balaban J connectivity index is 1.57. The van der Waals surface area contributed by atoms with Crippen molar-refractivity contribution in [1.82, 2.24) is 0 Å². The predicted molar refractivity (Wildman–Crippen MR) is 108 cm³/mol. The zero-order valence-corrected chi connectivity index (χ0v) is 16.1. The van der Waals surface area contributed by atoms with E-state index in [1.807, 2.05) is 47.8 Å². The van der Waals surface area contributed by atoms with E-state index in [4.69, 9.17) is 16.4 Å². The molecule has 2 fully saturated rings. The molecule has 3 heterocycles. The second-order valence-electron chi connectivity index (χ2n) is 6.66. The van der Waals surface area contributed by atoms with Crippen molar-refractivity contribution in [3.63, 3.8) is 0 Å². The second kappa shape index (κ2) is 6.74. The third-order valence-corrected chi connectivity index (χ3v) is 6.24. The number of benzene rings is 2. The van der Waals surface area contributed by atoms with Gasteiger partial charge in [0.2, 0.25) is 5.91 Å². The Bertz CT molecular complexity index is 1020. The Kier molecular flexibility index (Phi) is 4.19. The first kappa shape index (κ1) is 17.4. The number of rotatable bonds is 3. The van der Waals surface area contributed by atoms with Crippen LogP contribution in [0.2, 0.25) is 5.02 Å². The van der Waals surface area contributed by atoms with E-state index in [0.717, 1.165) is 10.6 Å². The third-order valence-electron chi connectivity index (χ3n) is 5.05. The number of amides is 2. The van der Waals surface area contributed by atoms with Gasteiger partial charge >= 0.3 is 0 Å². The minimum Gasteiger partial charge on any atom is -0.273 e. The van der Waals surface area contributed by atoms with Crippen molar-refractivity contribution < 1.29 is 14.4 Å². The minimum absolute atomic E-state index is 0.240. The molecule has 0 aliphatic carbocycles. The Hall–Kier alpha value is -2.67. The van der Waals surface area contributed by atoms with Gasteiger partial charge in [0.15, 0.2) is 6.10 Å². The van der Waals surface area contributed by atoms with Gasteiger partial charge in [0.1, 0.15) is 12.0 Å². The van der Waals surface area contributed by atoms with Gasteiger partial charge in [0.25, 0.3) is 5.91 Å². The largest absolute Gasteiger partial charge is 0.273 e. The third kappa shape index (κ3) is 2.64. The summed E-state index contributed by atoms with van der Waals surface area (Å²) in [7, 11) is 0. The number of imide groups is 1. The lowest BCUT2D eigenvalue weighted by Crippen LogP contribution is -2.37. The van der Waals surface area contributed by atoms with Crippen molar-refractivity contribution in [1.29, 1.82) is 0 Å². The number of hydrogen-bond acceptors (Lipinski definition) is 5. The quantitative estimate of drug-likeness (QED) is 0.598. The number of nitrogens with zero attached hydrogens (tertiary/aromatic N) is 2. The smallest absolute Gasteiger partial charge is 0.266 e. The molecular formula is C21H15ClN2O3S. The maximum absolute atomic E-state index is 13.3. The summed E-state index contributed by atoms with van der Waals surface area (Å²) in [5.41, 5.74) is 1.32. The van der Waals surface area contributed by atoms with E-state index < -0.39 is 12.0 Å². The van der Waals surface area contributed by atoms with Crippen LogP contribution < -0.4 is 9.96 Å². The average molecular weight is 411 g/mol. The number of anilines is 2. The molecule has 5 nitrogen and oxygen atoms in total. The maximum atomic E-state index is 13.3. The molecule has 2 saturated heterocycles. The van der Waals surface area contributed by atoms with Crippen LogP contribution in [0.15, 0.2) is 72.1 Å². The van der Waals surface area contributed by atoms with Gasteiger partial charge in [0.05, 0.1) is 11.4 Å². The molecule has 2 aliphatic heterocycles. The highest BCUT2D eigenvalue weighted by Gasteiger charge is 2.60. The number of halogens is 1. The van der Waals surface area contributed by atoms with Gasteiger partial charge in [-0.3, -0.25) is 14.4 Å². The molecule has 0 bridgehead atoms. The monoisotopic (exact) mass is 410 g/mol. The van der Waals surface area contributed by atoms with Gasteiger partial charge in [-0.05, 0) is 47.8 Å². The van der Waals surface area contributed by atoms with Crippen LogP contribution in [-0.2, 0) is 14.4 Å². The summed E-state index contributed by atoms with van der Waals surface area (Å²) < 4.78 is 0. The lowest BCUT2D eigenvalue weighted by atomic mass is 9.95. The van der Waals surface area contributed by atoms with Gasteiger partial charge in [-0.25, -0.2) is 9.96 Å². The molecule has 28 heavy (non-hydrogen) atoms. The average Bonchev–Trinajstić information content (AvgIpc) is 3.41. The molecule has 1 aromatic heterocycles. The van der Waals surface area contributed by atoms with Gasteiger partial charge < -0.3 is 0 Å². The highest BCUT2D eigenvalue weighted by Crippen LogP contribution is 2.48. The summed E-state index contributed by atoms with van der Waals surface area (Å²) in [4.78, 5) is 34.7. The van der Waals surface area contributed by atoms with Gasteiger partial charge in [-0.2, -0.15) is 0 Å². The SMILES string of the molecule is O=C1[C@H]2[C@H](ON(c3ccc(Cl)cc3)[C@@H]2c2cccs2)C(=O)N1c1ccccc1.